The quantitative estimate of drug-likeness (QED) is 0.650. The number of fused-ring (bicyclic) bond motifs is 3. The molecule has 0 saturated heterocycles. The molecule has 0 N–H and O–H groups in total. The molecule has 0 spiro atoms. The lowest BCUT2D eigenvalue weighted by Crippen LogP contribution is -2.22. The van der Waals surface area contributed by atoms with Gasteiger partial charge in [-0.2, -0.15) is 0 Å². The lowest BCUT2D eigenvalue weighted by atomic mass is 9.91. The van der Waals surface area contributed by atoms with Crippen LogP contribution in [0.15, 0.2) is 45.6 Å². The summed E-state index contributed by atoms with van der Waals surface area (Å²) >= 11 is 0. The van der Waals surface area contributed by atoms with E-state index in [-0.39, 0.29) is 12.2 Å². The van der Waals surface area contributed by atoms with Crippen LogP contribution in [0.5, 0.6) is 11.5 Å². The monoisotopic (exact) mass is 350 g/mol. The first kappa shape index (κ1) is 16.4. The second-order valence-corrected chi connectivity index (χ2v) is 6.49. The Morgan fingerprint density at radius 1 is 1.08 bits per heavy atom. The third kappa shape index (κ3) is 2.47. The lowest BCUT2D eigenvalue weighted by Gasteiger charge is -2.28. The molecule has 0 aliphatic carbocycles. The number of carbonyl (C=O) groups is 1. The molecule has 26 heavy (non-hydrogen) atoms. The van der Waals surface area contributed by atoms with Crippen LogP contribution < -0.4 is 15.1 Å². The maximum Gasteiger partial charge on any atom is 0.336 e. The normalized spacial score (nSPS) is 16.3. The smallest absolute Gasteiger partial charge is 0.336 e. The zero-order valence-corrected chi connectivity index (χ0v) is 14.8. The minimum atomic E-state index is -0.456. The number of ether oxygens (including phenoxy) is 2. The van der Waals surface area contributed by atoms with Gasteiger partial charge in [-0.15, -0.1) is 0 Å². The van der Waals surface area contributed by atoms with E-state index in [9.17, 15) is 9.59 Å². The molecule has 0 fully saturated rings. The summed E-state index contributed by atoms with van der Waals surface area (Å²) in [5.74, 6) is 1.16. The Morgan fingerprint density at radius 3 is 2.62 bits per heavy atom. The third-order valence-corrected chi connectivity index (χ3v) is 4.78. The zero-order valence-electron chi connectivity index (χ0n) is 14.8. The Bertz CT molecular complexity index is 1090. The minimum absolute atomic E-state index is 0.00663. The Balaban J connectivity index is 1.95. The van der Waals surface area contributed by atoms with Crippen LogP contribution in [0.2, 0.25) is 0 Å². The van der Waals surface area contributed by atoms with Crippen LogP contribution in [-0.2, 0) is 0 Å². The van der Waals surface area contributed by atoms with Gasteiger partial charge in [0.15, 0.2) is 5.78 Å². The van der Waals surface area contributed by atoms with Crippen LogP contribution in [0.1, 0.15) is 39.6 Å². The van der Waals surface area contributed by atoms with Crippen molar-refractivity contribution in [1.82, 2.24) is 0 Å². The predicted octanol–water partition coefficient (Wildman–Crippen LogP) is 4.12. The molecule has 2 heterocycles. The van der Waals surface area contributed by atoms with E-state index in [0.29, 0.717) is 28.0 Å². The van der Waals surface area contributed by atoms with E-state index in [1.54, 1.807) is 13.2 Å². The minimum Gasteiger partial charge on any atom is -0.496 e. The first-order chi connectivity index (χ1) is 12.5. The highest BCUT2D eigenvalue weighted by molar-refractivity contribution is 6.07. The van der Waals surface area contributed by atoms with Gasteiger partial charge in [-0.3, -0.25) is 4.79 Å². The molecular weight excluding hydrogens is 332 g/mol. The van der Waals surface area contributed by atoms with Crippen LogP contribution in [-0.4, -0.2) is 12.9 Å². The molecule has 1 aliphatic rings. The summed E-state index contributed by atoms with van der Waals surface area (Å²) in [6.07, 6.45) is -0.224. The number of rotatable bonds is 2. The molecule has 1 aliphatic heterocycles. The van der Waals surface area contributed by atoms with Crippen molar-refractivity contribution >= 4 is 16.8 Å². The second kappa shape index (κ2) is 6.02. The Morgan fingerprint density at radius 2 is 1.85 bits per heavy atom. The van der Waals surface area contributed by atoms with Crippen molar-refractivity contribution in [3.05, 3.63) is 69.1 Å². The van der Waals surface area contributed by atoms with Crippen LogP contribution >= 0.6 is 0 Å². The van der Waals surface area contributed by atoms with E-state index >= 15 is 0 Å². The number of hydrogen-bond acceptors (Lipinski definition) is 5. The van der Waals surface area contributed by atoms with Gasteiger partial charge in [-0.1, -0.05) is 18.2 Å². The Hall–Kier alpha value is -3.08. The summed E-state index contributed by atoms with van der Waals surface area (Å²) < 4.78 is 17.0. The van der Waals surface area contributed by atoms with E-state index in [0.717, 1.165) is 16.7 Å². The SMILES string of the molecule is COc1ccccc1[C@@H]1CC(=O)c2c(C)cc3oc(=O)cc(C)c3c2O1. The van der Waals surface area contributed by atoms with Crippen LogP contribution in [0.25, 0.3) is 11.0 Å². The van der Waals surface area contributed by atoms with Gasteiger partial charge < -0.3 is 13.9 Å². The van der Waals surface area contributed by atoms with Gasteiger partial charge >= 0.3 is 5.63 Å². The molecule has 2 aromatic carbocycles. The second-order valence-electron chi connectivity index (χ2n) is 6.49. The molecule has 3 aromatic rings. The van der Waals surface area contributed by atoms with E-state index in [1.807, 2.05) is 38.1 Å². The lowest BCUT2D eigenvalue weighted by molar-refractivity contribution is 0.0849. The largest absolute Gasteiger partial charge is 0.496 e. The number of benzene rings is 2. The van der Waals surface area contributed by atoms with E-state index in [2.05, 4.69) is 0 Å². The maximum absolute atomic E-state index is 12.9. The zero-order chi connectivity index (χ0) is 18.4. The van der Waals surface area contributed by atoms with Gasteiger partial charge in [-0.05, 0) is 37.1 Å². The topological polar surface area (TPSA) is 65.7 Å². The van der Waals surface area contributed by atoms with Gasteiger partial charge in [0.05, 0.1) is 24.5 Å². The number of Topliss-reactive ketones (excluding diaryl/α,β-unsaturated/α-hetero) is 1. The summed E-state index contributed by atoms with van der Waals surface area (Å²) in [5, 5.41) is 0.665. The molecule has 132 valence electrons. The highest BCUT2D eigenvalue weighted by atomic mass is 16.5. The van der Waals surface area contributed by atoms with E-state index < -0.39 is 11.7 Å². The van der Waals surface area contributed by atoms with Crippen LogP contribution in [0, 0.1) is 13.8 Å². The van der Waals surface area contributed by atoms with Crippen LogP contribution in [0.3, 0.4) is 0 Å². The fourth-order valence-corrected chi connectivity index (χ4v) is 3.62. The first-order valence-corrected chi connectivity index (χ1v) is 8.40. The number of hydrogen-bond donors (Lipinski definition) is 0. The molecule has 4 rings (SSSR count). The highest BCUT2D eigenvalue weighted by Crippen LogP contribution is 2.43. The predicted molar refractivity (Wildman–Crippen MR) is 97.3 cm³/mol. The van der Waals surface area contributed by atoms with E-state index in [1.165, 1.54) is 6.07 Å². The molecule has 5 nitrogen and oxygen atoms in total. The van der Waals surface area contributed by atoms with Crippen molar-refractivity contribution in [3.8, 4) is 11.5 Å². The number of aryl methyl sites for hydroxylation is 2. The van der Waals surface area contributed by atoms with Gasteiger partial charge in [-0.25, -0.2) is 4.79 Å². The Kier molecular flexibility index (Phi) is 3.80. The highest BCUT2D eigenvalue weighted by Gasteiger charge is 2.33. The fourth-order valence-electron chi connectivity index (χ4n) is 3.62. The molecule has 1 aromatic heterocycles. The molecule has 5 heteroatoms. The molecular formula is C21H18O5. The number of methoxy groups -OCH3 is 1. The molecule has 0 bridgehead atoms. The summed E-state index contributed by atoms with van der Waals surface area (Å²) in [6, 6.07) is 10.6. The average molecular weight is 350 g/mol. The number of carbonyl (C=O) groups excluding carboxylic acids is 1. The standard InChI is InChI=1S/C21H18O5/c1-11-8-17-20(12(2)9-18(23)25-17)21-19(11)14(22)10-16(26-21)13-6-4-5-7-15(13)24-3/h4-9,16H,10H2,1-3H3/t16-/m0/s1. The first-order valence-electron chi connectivity index (χ1n) is 8.40. The third-order valence-electron chi connectivity index (χ3n) is 4.78. The maximum atomic E-state index is 12.9. The summed E-state index contributed by atoms with van der Waals surface area (Å²) in [5.41, 5.74) is 2.85. The van der Waals surface area contributed by atoms with Gasteiger partial charge in [0, 0.05) is 11.6 Å². The van der Waals surface area contributed by atoms with Gasteiger partial charge in [0.25, 0.3) is 0 Å². The summed E-state index contributed by atoms with van der Waals surface area (Å²) in [6.45, 7) is 3.64. The van der Waals surface area contributed by atoms with Crippen molar-refractivity contribution in [1.29, 1.82) is 0 Å². The number of para-hydroxylation sites is 1. The average Bonchev–Trinajstić information content (AvgIpc) is 2.60. The molecule has 0 amide bonds. The van der Waals surface area contributed by atoms with Crippen LogP contribution in [0.4, 0.5) is 0 Å². The summed E-state index contributed by atoms with van der Waals surface area (Å²) in [4.78, 5) is 24.6. The van der Waals surface area contributed by atoms with E-state index in [4.69, 9.17) is 13.9 Å². The van der Waals surface area contributed by atoms with Gasteiger partial charge in [0.1, 0.15) is 23.2 Å². The van der Waals surface area contributed by atoms with Crippen molar-refractivity contribution < 1.29 is 18.7 Å². The molecule has 0 radical (unpaired) electrons. The van der Waals surface area contributed by atoms with Gasteiger partial charge in [0.2, 0.25) is 0 Å². The number of ketones is 1. The Labute approximate surface area is 150 Å². The fraction of sp³-hybridized carbons (Fsp3) is 0.238. The van der Waals surface area contributed by atoms with Crippen molar-refractivity contribution in [2.24, 2.45) is 0 Å². The van der Waals surface area contributed by atoms with Crippen molar-refractivity contribution in [3.63, 3.8) is 0 Å². The molecule has 0 saturated carbocycles. The molecule has 1 atom stereocenters. The van der Waals surface area contributed by atoms with Crippen molar-refractivity contribution in [2.45, 2.75) is 26.4 Å². The van der Waals surface area contributed by atoms with Crippen molar-refractivity contribution in [2.75, 3.05) is 7.11 Å². The molecule has 0 unspecified atom stereocenters. The summed E-state index contributed by atoms with van der Waals surface area (Å²) in [7, 11) is 1.59.